The SMILES string of the molecule is CC(C)C[C@H](N)C(=O)Nc1cc(F)ccc1N. The quantitative estimate of drug-likeness (QED) is 0.700. The fourth-order valence-electron chi connectivity index (χ4n) is 1.48. The highest BCUT2D eigenvalue weighted by Crippen LogP contribution is 2.19. The average Bonchev–Trinajstić information content (AvgIpc) is 2.22. The van der Waals surface area contributed by atoms with Gasteiger partial charge in [0.15, 0.2) is 0 Å². The van der Waals surface area contributed by atoms with Gasteiger partial charge in [-0.25, -0.2) is 4.39 Å². The Kier molecular flexibility index (Phi) is 4.45. The lowest BCUT2D eigenvalue weighted by Gasteiger charge is -2.15. The van der Waals surface area contributed by atoms with Crippen molar-refractivity contribution in [3.05, 3.63) is 24.0 Å². The van der Waals surface area contributed by atoms with Crippen LogP contribution in [0.4, 0.5) is 15.8 Å². The fourth-order valence-corrected chi connectivity index (χ4v) is 1.48. The summed E-state index contributed by atoms with van der Waals surface area (Å²) in [7, 11) is 0. The van der Waals surface area contributed by atoms with Gasteiger partial charge in [-0.15, -0.1) is 0 Å². The highest BCUT2D eigenvalue weighted by atomic mass is 19.1. The van der Waals surface area contributed by atoms with E-state index in [9.17, 15) is 9.18 Å². The molecule has 1 atom stereocenters. The van der Waals surface area contributed by atoms with Gasteiger partial charge in [0.1, 0.15) is 5.82 Å². The van der Waals surface area contributed by atoms with Gasteiger partial charge in [0.05, 0.1) is 17.4 Å². The predicted octanol–water partition coefficient (Wildman–Crippen LogP) is 1.72. The van der Waals surface area contributed by atoms with E-state index in [4.69, 9.17) is 11.5 Å². The van der Waals surface area contributed by atoms with Gasteiger partial charge in [-0.2, -0.15) is 0 Å². The Morgan fingerprint density at radius 3 is 2.71 bits per heavy atom. The Hall–Kier alpha value is -1.62. The van der Waals surface area contributed by atoms with Crippen LogP contribution in [0.1, 0.15) is 20.3 Å². The van der Waals surface area contributed by atoms with Crippen molar-refractivity contribution in [3.63, 3.8) is 0 Å². The molecule has 17 heavy (non-hydrogen) atoms. The van der Waals surface area contributed by atoms with E-state index in [-0.39, 0.29) is 11.6 Å². The number of nitrogens with two attached hydrogens (primary N) is 2. The molecule has 0 heterocycles. The van der Waals surface area contributed by atoms with Crippen LogP contribution < -0.4 is 16.8 Å². The molecular weight excluding hydrogens is 221 g/mol. The monoisotopic (exact) mass is 239 g/mol. The number of carbonyl (C=O) groups excluding carboxylic acids is 1. The van der Waals surface area contributed by atoms with E-state index in [1.165, 1.54) is 18.2 Å². The van der Waals surface area contributed by atoms with Crippen molar-refractivity contribution in [2.24, 2.45) is 11.7 Å². The van der Waals surface area contributed by atoms with E-state index in [2.05, 4.69) is 5.32 Å². The van der Waals surface area contributed by atoms with Crippen molar-refractivity contribution in [3.8, 4) is 0 Å². The van der Waals surface area contributed by atoms with Crippen LogP contribution in [0.25, 0.3) is 0 Å². The largest absolute Gasteiger partial charge is 0.397 e. The van der Waals surface area contributed by atoms with E-state index in [0.717, 1.165) is 0 Å². The molecule has 5 N–H and O–H groups in total. The van der Waals surface area contributed by atoms with Crippen molar-refractivity contribution in [2.45, 2.75) is 26.3 Å². The molecule has 0 saturated carbocycles. The van der Waals surface area contributed by atoms with Gasteiger partial charge in [0.2, 0.25) is 5.91 Å². The number of hydrogen-bond acceptors (Lipinski definition) is 3. The van der Waals surface area contributed by atoms with Crippen molar-refractivity contribution in [1.82, 2.24) is 0 Å². The van der Waals surface area contributed by atoms with Crippen LogP contribution >= 0.6 is 0 Å². The number of benzene rings is 1. The minimum atomic E-state index is -0.613. The minimum Gasteiger partial charge on any atom is -0.397 e. The number of halogens is 1. The summed E-state index contributed by atoms with van der Waals surface area (Å²) < 4.78 is 13.0. The third-order valence-electron chi connectivity index (χ3n) is 2.34. The van der Waals surface area contributed by atoms with Crippen molar-refractivity contribution < 1.29 is 9.18 Å². The van der Waals surface area contributed by atoms with Gasteiger partial charge in [-0.05, 0) is 30.5 Å². The van der Waals surface area contributed by atoms with Crippen molar-refractivity contribution >= 4 is 17.3 Å². The Labute approximate surface area is 100 Å². The number of rotatable bonds is 4. The minimum absolute atomic E-state index is 0.259. The first kappa shape index (κ1) is 13.4. The lowest BCUT2D eigenvalue weighted by atomic mass is 10.0. The highest BCUT2D eigenvalue weighted by Gasteiger charge is 2.16. The van der Waals surface area contributed by atoms with E-state index < -0.39 is 11.9 Å². The van der Waals surface area contributed by atoms with Crippen LogP contribution in [0.5, 0.6) is 0 Å². The molecule has 0 bridgehead atoms. The first-order valence-corrected chi connectivity index (χ1v) is 5.51. The summed E-state index contributed by atoms with van der Waals surface area (Å²) in [6, 6.07) is 3.20. The Morgan fingerprint density at radius 2 is 2.12 bits per heavy atom. The molecular formula is C12H18FN3O. The van der Waals surface area contributed by atoms with Gasteiger partial charge in [0, 0.05) is 0 Å². The maximum Gasteiger partial charge on any atom is 0.241 e. The molecule has 1 aromatic carbocycles. The zero-order valence-corrected chi connectivity index (χ0v) is 10.0. The number of amides is 1. The number of nitrogen functional groups attached to an aromatic ring is 1. The summed E-state index contributed by atoms with van der Waals surface area (Å²) in [6.45, 7) is 3.95. The van der Waals surface area contributed by atoms with Gasteiger partial charge < -0.3 is 16.8 Å². The van der Waals surface area contributed by atoms with Crippen molar-refractivity contribution in [1.29, 1.82) is 0 Å². The zero-order valence-electron chi connectivity index (χ0n) is 10.0. The second-order valence-electron chi connectivity index (χ2n) is 4.46. The Bertz CT molecular complexity index is 407. The summed E-state index contributed by atoms with van der Waals surface area (Å²) >= 11 is 0. The molecule has 0 aliphatic carbocycles. The third-order valence-corrected chi connectivity index (χ3v) is 2.34. The molecule has 1 aromatic rings. The van der Waals surface area contributed by atoms with Crippen LogP contribution in [-0.4, -0.2) is 11.9 Å². The third kappa shape index (κ3) is 4.03. The van der Waals surface area contributed by atoms with Gasteiger partial charge in [-0.1, -0.05) is 13.8 Å². The molecule has 0 unspecified atom stereocenters. The van der Waals surface area contributed by atoms with Crippen LogP contribution in [0, 0.1) is 11.7 Å². The van der Waals surface area contributed by atoms with Crippen LogP contribution in [0.2, 0.25) is 0 Å². The first-order chi connectivity index (χ1) is 7.90. The molecule has 0 radical (unpaired) electrons. The maximum absolute atomic E-state index is 13.0. The van der Waals surface area contributed by atoms with Crippen molar-refractivity contribution in [2.75, 3.05) is 11.1 Å². The molecule has 0 fully saturated rings. The fraction of sp³-hybridized carbons (Fsp3) is 0.417. The van der Waals surface area contributed by atoms with Gasteiger partial charge in [-0.3, -0.25) is 4.79 Å². The van der Waals surface area contributed by atoms with Gasteiger partial charge >= 0.3 is 0 Å². The Balaban J connectivity index is 2.70. The molecule has 0 aliphatic heterocycles. The van der Waals surface area contributed by atoms with E-state index >= 15 is 0 Å². The smallest absolute Gasteiger partial charge is 0.241 e. The molecule has 0 aliphatic rings. The normalized spacial score (nSPS) is 12.5. The molecule has 0 aromatic heterocycles. The van der Waals surface area contributed by atoms with Gasteiger partial charge in [0.25, 0.3) is 0 Å². The van der Waals surface area contributed by atoms with Crippen LogP contribution in [-0.2, 0) is 4.79 Å². The van der Waals surface area contributed by atoms with E-state index in [1.54, 1.807) is 0 Å². The standard InChI is InChI=1S/C12H18FN3O/c1-7(2)5-10(15)12(17)16-11-6-8(13)3-4-9(11)14/h3-4,6-7,10H,5,14-15H2,1-2H3,(H,16,17)/t10-/m0/s1. The van der Waals surface area contributed by atoms with Crippen LogP contribution in [0.15, 0.2) is 18.2 Å². The number of hydrogen-bond donors (Lipinski definition) is 3. The topological polar surface area (TPSA) is 81.1 Å². The molecule has 1 amide bonds. The molecule has 4 nitrogen and oxygen atoms in total. The summed E-state index contributed by atoms with van der Waals surface area (Å²) in [4.78, 5) is 11.7. The molecule has 0 saturated heterocycles. The summed E-state index contributed by atoms with van der Waals surface area (Å²) in [5, 5.41) is 2.53. The molecule has 94 valence electrons. The summed E-state index contributed by atoms with van der Waals surface area (Å²) in [5.74, 6) is -0.483. The van der Waals surface area contributed by atoms with Crippen LogP contribution in [0.3, 0.4) is 0 Å². The lowest BCUT2D eigenvalue weighted by Crippen LogP contribution is -2.36. The Morgan fingerprint density at radius 1 is 1.47 bits per heavy atom. The average molecular weight is 239 g/mol. The second kappa shape index (κ2) is 5.63. The van der Waals surface area contributed by atoms with E-state index in [1.807, 2.05) is 13.8 Å². The molecule has 0 spiro atoms. The summed E-state index contributed by atoms with van der Waals surface area (Å²) in [5.41, 5.74) is 11.9. The molecule has 1 rings (SSSR count). The lowest BCUT2D eigenvalue weighted by molar-refractivity contribution is -0.117. The summed E-state index contributed by atoms with van der Waals surface area (Å²) in [6.07, 6.45) is 0.570. The zero-order chi connectivity index (χ0) is 13.0. The molecule has 5 heteroatoms. The maximum atomic E-state index is 13.0. The van der Waals surface area contributed by atoms with E-state index in [0.29, 0.717) is 18.0 Å². The number of carbonyl (C=O) groups is 1. The highest BCUT2D eigenvalue weighted by molar-refractivity contribution is 5.97. The predicted molar refractivity (Wildman–Crippen MR) is 66.9 cm³/mol. The first-order valence-electron chi connectivity index (χ1n) is 5.51. The second-order valence-corrected chi connectivity index (χ2v) is 4.46. The number of nitrogens with one attached hydrogen (secondary N) is 1. The number of anilines is 2.